The minimum absolute atomic E-state index is 0.0709. The van der Waals surface area contributed by atoms with Gasteiger partial charge in [0, 0.05) is 19.0 Å². The molecular formula is C19H27NO3. The van der Waals surface area contributed by atoms with Gasteiger partial charge in [-0.05, 0) is 64.7 Å². The number of likely N-dealkylation sites (tertiary alicyclic amines) is 1. The Hall–Kier alpha value is -1.71. The lowest BCUT2D eigenvalue weighted by atomic mass is 9.87. The molecule has 0 N–H and O–H groups in total. The van der Waals surface area contributed by atoms with Crippen molar-refractivity contribution in [3.05, 3.63) is 29.3 Å². The summed E-state index contributed by atoms with van der Waals surface area (Å²) in [6.07, 6.45) is 1.88. The zero-order valence-electron chi connectivity index (χ0n) is 14.8. The molecule has 1 aromatic rings. The molecule has 2 aliphatic rings. The summed E-state index contributed by atoms with van der Waals surface area (Å²) in [5.74, 6) is 1.41. The van der Waals surface area contributed by atoms with Gasteiger partial charge in [0.05, 0.1) is 0 Å². The smallest absolute Gasteiger partial charge is 0.410 e. The summed E-state index contributed by atoms with van der Waals surface area (Å²) < 4.78 is 11.4. The first kappa shape index (κ1) is 16.2. The van der Waals surface area contributed by atoms with Crippen LogP contribution in [0.25, 0.3) is 0 Å². The van der Waals surface area contributed by atoms with Gasteiger partial charge < -0.3 is 14.4 Å². The molecule has 23 heavy (non-hydrogen) atoms. The number of aryl methyl sites for hydroxylation is 1. The summed E-state index contributed by atoms with van der Waals surface area (Å²) in [5, 5.41) is 0. The van der Waals surface area contributed by atoms with Crippen LogP contribution >= 0.6 is 0 Å². The van der Waals surface area contributed by atoms with E-state index >= 15 is 0 Å². The third-order valence-electron chi connectivity index (χ3n) is 4.47. The number of ether oxygens (including phenoxy) is 2. The van der Waals surface area contributed by atoms with Crippen molar-refractivity contribution in [3.8, 4) is 5.75 Å². The fourth-order valence-electron chi connectivity index (χ4n) is 3.10. The van der Waals surface area contributed by atoms with E-state index in [4.69, 9.17) is 9.47 Å². The van der Waals surface area contributed by atoms with Crippen LogP contribution < -0.4 is 4.74 Å². The van der Waals surface area contributed by atoms with Crippen molar-refractivity contribution in [2.45, 2.75) is 64.6 Å². The molecule has 1 fully saturated rings. The monoisotopic (exact) mass is 317 g/mol. The Labute approximate surface area is 138 Å². The Morgan fingerprint density at radius 3 is 2.65 bits per heavy atom. The van der Waals surface area contributed by atoms with E-state index in [2.05, 4.69) is 32.0 Å². The largest absolute Gasteiger partial charge is 0.488 e. The van der Waals surface area contributed by atoms with E-state index in [1.54, 1.807) is 4.90 Å². The number of hydrogen-bond donors (Lipinski definition) is 0. The SMILES string of the molecule is CC(C)(C)OC(=O)N1CC(c2ccc3c(c2)CCC(C)(C)O3)C1. The topological polar surface area (TPSA) is 38.8 Å². The normalized spacial score (nSPS) is 20.3. The lowest BCUT2D eigenvalue weighted by Gasteiger charge is -2.40. The summed E-state index contributed by atoms with van der Waals surface area (Å²) >= 11 is 0. The maximum absolute atomic E-state index is 12.0. The van der Waals surface area contributed by atoms with Crippen LogP contribution in [0.3, 0.4) is 0 Å². The second kappa shape index (κ2) is 5.43. The van der Waals surface area contributed by atoms with Crippen molar-refractivity contribution < 1.29 is 14.3 Å². The highest BCUT2D eigenvalue weighted by molar-refractivity contribution is 5.69. The lowest BCUT2D eigenvalue weighted by Crippen LogP contribution is -2.50. The molecule has 1 saturated heterocycles. The maximum Gasteiger partial charge on any atom is 0.410 e. The Bertz CT molecular complexity index is 610. The Balaban J connectivity index is 1.62. The standard InChI is InChI=1S/C19H27NO3/c1-18(2,3)23-17(21)20-11-15(12-20)13-6-7-16-14(10-13)8-9-19(4,5)22-16/h6-7,10,15H,8-9,11-12H2,1-5H3. The second-order valence-electron chi connectivity index (χ2n) is 8.31. The highest BCUT2D eigenvalue weighted by Gasteiger charge is 2.35. The van der Waals surface area contributed by atoms with Crippen molar-refractivity contribution in [1.29, 1.82) is 0 Å². The quantitative estimate of drug-likeness (QED) is 0.782. The lowest BCUT2D eigenvalue weighted by molar-refractivity contribution is 0.00814. The molecule has 4 heteroatoms. The molecule has 0 radical (unpaired) electrons. The summed E-state index contributed by atoms with van der Waals surface area (Å²) in [6.45, 7) is 11.4. The first-order valence-corrected chi connectivity index (χ1v) is 8.43. The Kier molecular flexibility index (Phi) is 3.81. The van der Waals surface area contributed by atoms with E-state index in [1.165, 1.54) is 11.1 Å². The summed E-state index contributed by atoms with van der Waals surface area (Å²) in [5.41, 5.74) is 2.08. The highest BCUT2D eigenvalue weighted by atomic mass is 16.6. The van der Waals surface area contributed by atoms with Crippen LogP contribution in [-0.4, -0.2) is 35.3 Å². The fourth-order valence-corrected chi connectivity index (χ4v) is 3.10. The van der Waals surface area contributed by atoms with E-state index < -0.39 is 5.60 Å². The number of fused-ring (bicyclic) bond motifs is 1. The molecule has 3 rings (SSSR count). The molecule has 0 unspecified atom stereocenters. The minimum atomic E-state index is -0.432. The zero-order chi connectivity index (χ0) is 16.8. The van der Waals surface area contributed by atoms with Gasteiger partial charge in [0.15, 0.2) is 0 Å². The predicted molar refractivity (Wildman–Crippen MR) is 90.0 cm³/mol. The number of carbonyl (C=O) groups excluding carboxylic acids is 1. The van der Waals surface area contributed by atoms with Gasteiger partial charge in [0.1, 0.15) is 17.0 Å². The van der Waals surface area contributed by atoms with Gasteiger partial charge in [-0.1, -0.05) is 12.1 Å². The maximum atomic E-state index is 12.0. The van der Waals surface area contributed by atoms with Gasteiger partial charge in [0.2, 0.25) is 0 Å². The molecule has 0 spiro atoms. The van der Waals surface area contributed by atoms with Gasteiger partial charge >= 0.3 is 6.09 Å². The molecule has 1 aromatic carbocycles. The number of carbonyl (C=O) groups is 1. The van der Waals surface area contributed by atoms with Crippen molar-refractivity contribution >= 4 is 6.09 Å². The molecule has 0 aliphatic carbocycles. The van der Waals surface area contributed by atoms with Crippen molar-refractivity contribution in [2.75, 3.05) is 13.1 Å². The van der Waals surface area contributed by atoms with E-state index in [9.17, 15) is 4.79 Å². The number of hydrogen-bond acceptors (Lipinski definition) is 3. The summed E-state index contributed by atoms with van der Waals surface area (Å²) in [7, 11) is 0. The Morgan fingerprint density at radius 1 is 1.30 bits per heavy atom. The van der Waals surface area contributed by atoms with Crippen molar-refractivity contribution in [1.82, 2.24) is 4.90 Å². The molecule has 0 aromatic heterocycles. The van der Waals surface area contributed by atoms with E-state index in [0.29, 0.717) is 5.92 Å². The average Bonchev–Trinajstić information content (AvgIpc) is 2.34. The first-order valence-electron chi connectivity index (χ1n) is 8.43. The summed E-state index contributed by atoms with van der Waals surface area (Å²) in [6, 6.07) is 6.47. The molecule has 1 amide bonds. The Morgan fingerprint density at radius 2 is 2.00 bits per heavy atom. The molecule has 126 valence electrons. The fraction of sp³-hybridized carbons (Fsp3) is 0.632. The number of rotatable bonds is 1. The second-order valence-corrected chi connectivity index (χ2v) is 8.31. The van der Waals surface area contributed by atoms with Crippen molar-refractivity contribution in [3.63, 3.8) is 0 Å². The van der Waals surface area contributed by atoms with Crippen LogP contribution in [0.4, 0.5) is 4.79 Å². The number of nitrogens with zero attached hydrogens (tertiary/aromatic N) is 1. The third-order valence-corrected chi connectivity index (χ3v) is 4.47. The van der Waals surface area contributed by atoms with E-state index in [1.807, 2.05) is 20.8 Å². The predicted octanol–water partition coefficient (Wildman–Crippen LogP) is 4.12. The molecule has 4 nitrogen and oxygen atoms in total. The van der Waals surface area contributed by atoms with Crippen LogP contribution in [0.1, 0.15) is 58.1 Å². The average molecular weight is 317 g/mol. The van der Waals surface area contributed by atoms with Gasteiger partial charge in [-0.3, -0.25) is 0 Å². The molecule has 0 saturated carbocycles. The minimum Gasteiger partial charge on any atom is -0.488 e. The van der Waals surface area contributed by atoms with Gasteiger partial charge in [-0.25, -0.2) is 4.79 Å². The van der Waals surface area contributed by atoms with Gasteiger partial charge in [0.25, 0.3) is 0 Å². The van der Waals surface area contributed by atoms with Gasteiger partial charge in [-0.2, -0.15) is 0 Å². The van der Waals surface area contributed by atoms with Gasteiger partial charge in [-0.15, -0.1) is 0 Å². The molecule has 2 heterocycles. The molecular weight excluding hydrogens is 290 g/mol. The zero-order valence-corrected chi connectivity index (χ0v) is 14.8. The van der Waals surface area contributed by atoms with Crippen LogP contribution in [0.2, 0.25) is 0 Å². The van der Waals surface area contributed by atoms with Crippen LogP contribution in [-0.2, 0) is 11.2 Å². The number of benzene rings is 1. The van der Waals surface area contributed by atoms with Crippen LogP contribution in [0, 0.1) is 0 Å². The van der Waals surface area contributed by atoms with Crippen molar-refractivity contribution in [2.24, 2.45) is 0 Å². The van der Waals surface area contributed by atoms with Crippen LogP contribution in [0.5, 0.6) is 5.75 Å². The number of amides is 1. The summed E-state index contributed by atoms with van der Waals surface area (Å²) in [4.78, 5) is 13.8. The third kappa shape index (κ3) is 3.62. The molecule has 0 bridgehead atoms. The molecule has 2 aliphatic heterocycles. The molecule has 0 atom stereocenters. The van der Waals surface area contributed by atoms with E-state index in [-0.39, 0.29) is 11.7 Å². The van der Waals surface area contributed by atoms with Crippen LogP contribution in [0.15, 0.2) is 18.2 Å². The first-order chi connectivity index (χ1) is 10.6. The van der Waals surface area contributed by atoms with E-state index in [0.717, 1.165) is 31.7 Å². The highest BCUT2D eigenvalue weighted by Crippen LogP contribution is 2.36.